The summed E-state index contributed by atoms with van der Waals surface area (Å²) in [5.74, 6) is -0.164. The van der Waals surface area contributed by atoms with Crippen LogP contribution in [0.25, 0.3) is 0 Å². The minimum atomic E-state index is -0.478. The van der Waals surface area contributed by atoms with E-state index in [1.54, 1.807) is 32.0 Å². The molecule has 7 nitrogen and oxygen atoms in total. The number of nitrogens with two attached hydrogens (primary N) is 1. The van der Waals surface area contributed by atoms with Crippen LogP contribution >= 0.6 is 0 Å². The van der Waals surface area contributed by atoms with Crippen molar-refractivity contribution in [1.82, 2.24) is 0 Å². The number of ether oxygens (including phenoxy) is 1. The first-order valence-corrected chi connectivity index (χ1v) is 6.38. The topological polar surface area (TPSA) is 107 Å². The fraction of sp³-hybridized carbons (Fsp3) is 0.462. The Morgan fingerprint density at radius 2 is 2.20 bits per heavy atom. The maximum Gasteiger partial charge on any atom is 0.333 e. The summed E-state index contributed by atoms with van der Waals surface area (Å²) in [5, 5.41) is 14.1. The minimum Gasteiger partial charge on any atom is -0.484 e. The molecule has 7 heteroatoms. The molecule has 110 valence electrons. The molecule has 0 unspecified atom stereocenters. The van der Waals surface area contributed by atoms with E-state index in [4.69, 9.17) is 10.5 Å². The summed E-state index contributed by atoms with van der Waals surface area (Å²) >= 11 is 0. The van der Waals surface area contributed by atoms with Crippen molar-refractivity contribution in [2.75, 3.05) is 11.9 Å². The fourth-order valence-corrected chi connectivity index (χ4v) is 1.69. The van der Waals surface area contributed by atoms with Crippen molar-refractivity contribution >= 4 is 17.3 Å². The number of hydrogen-bond acceptors (Lipinski definition) is 5. The van der Waals surface area contributed by atoms with Crippen molar-refractivity contribution in [3.8, 4) is 5.75 Å². The quantitative estimate of drug-likeness (QED) is 0.431. The number of amides is 1. The number of primary amides is 1. The highest BCUT2D eigenvalue weighted by molar-refractivity contribution is 5.73. The third kappa shape index (κ3) is 4.75. The standard InChI is InChI=1S/C13H19N3O4/c1-9(2)20-11-6-3-5-10(13(11)16(18)19)15-8-4-7-12(14)17/h3,5-6,9,15H,4,7-8H2,1-2H3,(H2,14,17). The molecule has 0 radical (unpaired) electrons. The molecule has 0 aliphatic heterocycles. The van der Waals surface area contributed by atoms with Gasteiger partial charge in [0.15, 0.2) is 5.75 Å². The zero-order valence-corrected chi connectivity index (χ0v) is 11.6. The lowest BCUT2D eigenvalue weighted by atomic mass is 10.2. The summed E-state index contributed by atoms with van der Waals surface area (Å²) in [7, 11) is 0. The summed E-state index contributed by atoms with van der Waals surface area (Å²) in [6.45, 7) is 4.03. The molecular formula is C13H19N3O4. The molecule has 0 aliphatic rings. The average molecular weight is 281 g/mol. The highest BCUT2D eigenvalue weighted by Gasteiger charge is 2.21. The van der Waals surface area contributed by atoms with E-state index in [2.05, 4.69) is 5.32 Å². The summed E-state index contributed by atoms with van der Waals surface area (Å²) in [4.78, 5) is 21.3. The molecule has 3 N–H and O–H groups in total. The van der Waals surface area contributed by atoms with Crippen molar-refractivity contribution in [2.45, 2.75) is 32.8 Å². The van der Waals surface area contributed by atoms with Crippen LogP contribution in [0.2, 0.25) is 0 Å². The van der Waals surface area contributed by atoms with Crippen molar-refractivity contribution in [3.05, 3.63) is 28.3 Å². The Morgan fingerprint density at radius 1 is 1.50 bits per heavy atom. The van der Waals surface area contributed by atoms with Crippen molar-refractivity contribution in [3.63, 3.8) is 0 Å². The summed E-state index contributed by atoms with van der Waals surface area (Å²) in [5.41, 5.74) is 5.31. The maximum atomic E-state index is 11.2. The molecule has 0 bridgehead atoms. The van der Waals surface area contributed by atoms with Crippen molar-refractivity contribution < 1.29 is 14.5 Å². The van der Waals surface area contributed by atoms with Crippen LogP contribution in [0.15, 0.2) is 18.2 Å². The number of hydrogen-bond donors (Lipinski definition) is 2. The zero-order chi connectivity index (χ0) is 15.1. The molecule has 20 heavy (non-hydrogen) atoms. The Labute approximate surface area is 117 Å². The number of anilines is 1. The molecule has 0 heterocycles. The largest absolute Gasteiger partial charge is 0.484 e. The Hall–Kier alpha value is -2.31. The molecule has 0 aliphatic carbocycles. The summed E-state index contributed by atoms with van der Waals surface area (Å²) in [6, 6.07) is 4.85. The van der Waals surface area contributed by atoms with Crippen molar-refractivity contribution in [1.29, 1.82) is 0 Å². The number of rotatable bonds is 8. The van der Waals surface area contributed by atoms with Gasteiger partial charge in [0.25, 0.3) is 0 Å². The third-order valence-corrected chi connectivity index (χ3v) is 2.46. The second-order valence-corrected chi connectivity index (χ2v) is 4.57. The van der Waals surface area contributed by atoms with Gasteiger partial charge < -0.3 is 15.8 Å². The molecule has 0 atom stereocenters. The molecule has 1 rings (SSSR count). The van der Waals surface area contributed by atoms with Gasteiger partial charge in [-0.1, -0.05) is 6.07 Å². The Balaban J connectivity index is 2.83. The van der Waals surface area contributed by atoms with Crippen LogP contribution in [0.3, 0.4) is 0 Å². The smallest absolute Gasteiger partial charge is 0.333 e. The van der Waals surface area contributed by atoms with E-state index in [1.165, 1.54) is 0 Å². The maximum absolute atomic E-state index is 11.2. The number of benzene rings is 1. The molecule has 0 saturated heterocycles. The highest BCUT2D eigenvalue weighted by Crippen LogP contribution is 2.35. The number of carbonyl (C=O) groups is 1. The lowest BCUT2D eigenvalue weighted by Crippen LogP contribution is -2.13. The van der Waals surface area contributed by atoms with E-state index in [0.29, 0.717) is 18.7 Å². The SMILES string of the molecule is CC(C)Oc1cccc(NCCCC(N)=O)c1[N+](=O)[O-]. The monoisotopic (exact) mass is 281 g/mol. The van der Waals surface area contributed by atoms with Gasteiger partial charge >= 0.3 is 5.69 Å². The second-order valence-electron chi connectivity index (χ2n) is 4.57. The van der Waals surface area contributed by atoms with Gasteiger partial charge in [-0.15, -0.1) is 0 Å². The van der Waals surface area contributed by atoms with Gasteiger partial charge in [0.1, 0.15) is 5.69 Å². The van der Waals surface area contributed by atoms with E-state index in [-0.39, 0.29) is 24.0 Å². The van der Waals surface area contributed by atoms with Crippen LogP contribution in [-0.4, -0.2) is 23.5 Å². The van der Waals surface area contributed by atoms with Crippen LogP contribution in [0, 0.1) is 10.1 Å². The van der Waals surface area contributed by atoms with Gasteiger partial charge in [0.05, 0.1) is 11.0 Å². The zero-order valence-electron chi connectivity index (χ0n) is 11.6. The van der Waals surface area contributed by atoms with E-state index < -0.39 is 10.8 Å². The molecule has 0 spiro atoms. The molecule has 0 saturated carbocycles. The van der Waals surface area contributed by atoms with Gasteiger partial charge in [0, 0.05) is 13.0 Å². The molecular weight excluding hydrogens is 262 g/mol. The average Bonchev–Trinajstić information content (AvgIpc) is 2.33. The predicted molar refractivity (Wildman–Crippen MR) is 75.8 cm³/mol. The Kier molecular flexibility index (Phi) is 5.76. The van der Waals surface area contributed by atoms with Crippen LogP contribution in [0.5, 0.6) is 5.75 Å². The molecule has 0 aromatic heterocycles. The van der Waals surface area contributed by atoms with E-state index >= 15 is 0 Å². The lowest BCUT2D eigenvalue weighted by Gasteiger charge is -2.13. The number of nitrogens with zero attached hydrogens (tertiary/aromatic N) is 1. The van der Waals surface area contributed by atoms with Gasteiger partial charge in [-0.25, -0.2) is 0 Å². The molecule has 1 amide bonds. The van der Waals surface area contributed by atoms with Gasteiger partial charge in [-0.05, 0) is 32.4 Å². The number of nitro groups is 1. The molecule has 0 fully saturated rings. The first kappa shape index (κ1) is 15.7. The first-order valence-electron chi connectivity index (χ1n) is 6.38. The van der Waals surface area contributed by atoms with Crippen molar-refractivity contribution in [2.24, 2.45) is 5.73 Å². The highest BCUT2D eigenvalue weighted by atomic mass is 16.6. The Bertz CT molecular complexity index is 489. The number of nitro benzene ring substituents is 1. The van der Waals surface area contributed by atoms with E-state index in [0.717, 1.165) is 0 Å². The first-order chi connectivity index (χ1) is 9.41. The summed E-state index contributed by atoms with van der Waals surface area (Å²) in [6.07, 6.45) is 0.601. The second kappa shape index (κ2) is 7.32. The number of para-hydroxylation sites is 1. The predicted octanol–water partition coefficient (Wildman–Crippen LogP) is 2.06. The summed E-state index contributed by atoms with van der Waals surface area (Å²) < 4.78 is 5.44. The van der Waals surface area contributed by atoms with E-state index in [9.17, 15) is 14.9 Å². The van der Waals surface area contributed by atoms with Gasteiger partial charge in [-0.2, -0.15) is 0 Å². The number of nitrogens with one attached hydrogen (secondary N) is 1. The van der Waals surface area contributed by atoms with Gasteiger partial charge in [-0.3, -0.25) is 14.9 Å². The van der Waals surface area contributed by atoms with Crippen LogP contribution in [0.1, 0.15) is 26.7 Å². The number of carbonyl (C=O) groups excluding carboxylic acids is 1. The third-order valence-electron chi connectivity index (χ3n) is 2.46. The van der Waals surface area contributed by atoms with Crippen LogP contribution in [-0.2, 0) is 4.79 Å². The van der Waals surface area contributed by atoms with Crippen LogP contribution < -0.4 is 15.8 Å². The molecule has 1 aromatic rings. The minimum absolute atomic E-state index is 0.0970. The van der Waals surface area contributed by atoms with Crippen LogP contribution in [0.4, 0.5) is 11.4 Å². The lowest BCUT2D eigenvalue weighted by molar-refractivity contribution is -0.385. The normalized spacial score (nSPS) is 10.3. The van der Waals surface area contributed by atoms with Gasteiger partial charge in [0.2, 0.25) is 5.91 Å². The molecule has 1 aromatic carbocycles. The Morgan fingerprint density at radius 3 is 2.75 bits per heavy atom. The fourth-order valence-electron chi connectivity index (χ4n) is 1.69. The van der Waals surface area contributed by atoms with E-state index in [1.807, 2.05) is 0 Å².